The Labute approximate surface area is 197 Å². The number of halogens is 3. The second-order valence-electron chi connectivity index (χ2n) is 7.89. The molecule has 7 nitrogen and oxygen atoms in total. The fraction of sp³-hybridized carbons (Fsp3) is 0.304. The minimum Gasteiger partial charge on any atom is -0.346 e. The average Bonchev–Trinajstić information content (AvgIpc) is 2.81. The van der Waals surface area contributed by atoms with Crippen molar-refractivity contribution in [1.29, 1.82) is 0 Å². The van der Waals surface area contributed by atoms with Gasteiger partial charge in [-0.1, -0.05) is 37.7 Å². The highest BCUT2D eigenvalue weighted by Crippen LogP contribution is 2.20. The predicted molar refractivity (Wildman–Crippen MR) is 124 cm³/mol. The summed E-state index contributed by atoms with van der Waals surface area (Å²) in [5.41, 5.74) is -0.215. The van der Waals surface area contributed by atoms with Gasteiger partial charge in [-0.05, 0) is 36.6 Å². The van der Waals surface area contributed by atoms with Crippen molar-refractivity contribution in [1.82, 2.24) is 14.9 Å². The van der Waals surface area contributed by atoms with Crippen molar-refractivity contribution in [3.8, 4) is 0 Å². The number of fused-ring (bicyclic) bond motifs is 1. The Morgan fingerprint density at radius 2 is 1.79 bits per heavy atom. The number of rotatable bonds is 9. The number of carbonyl (C=O) groups is 2. The summed E-state index contributed by atoms with van der Waals surface area (Å²) in [5.74, 6) is -5.72. The molecule has 3 aromatic rings. The summed E-state index contributed by atoms with van der Waals surface area (Å²) in [7, 11) is 0. The first-order chi connectivity index (χ1) is 16.2. The summed E-state index contributed by atoms with van der Waals surface area (Å²) in [4.78, 5) is 41.7. The lowest BCUT2D eigenvalue weighted by molar-refractivity contribution is -0.122. The maximum atomic E-state index is 13.7. The molecule has 180 valence electrons. The highest BCUT2D eigenvalue weighted by molar-refractivity contribution is 7.99. The van der Waals surface area contributed by atoms with Gasteiger partial charge in [0.1, 0.15) is 0 Å². The van der Waals surface area contributed by atoms with Crippen LogP contribution in [0.1, 0.15) is 20.3 Å². The highest BCUT2D eigenvalue weighted by Gasteiger charge is 2.17. The zero-order valence-electron chi connectivity index (χ0n) is 18.5. The van der Waals surface area contributed by atoms with E-state index in [1.807, 2.05) is 13.8 Å². The number of nitrogens with zero attached hydrogens (tertiary/aromatic N) is 2. The number of hydrogen-bond donors (Lipinski definition) is 2. The van der Waals surface area contributed by atoms with Crippen LogP contribution in [0.3, 0.4) is 0 Å². The molecular formula is C23H23F3N4O3S. The van der Waals surface area contributed by atoms with E-state index < -0.39 is 41.5 Å². The number of nitrogens with one attached hydrogen (secondary N) is 2. The van der Waals surface area contributed by atoms with Crippen LogP contribution in [0.15, 0.2) is 46.3 Å². The minimum absolute atomic E-state index is 0.126. The number of hydrogen-bond acceptors (Lipinski definition) is 5. The molecule has 0 aliphatic heterocycles. The van der Waals surface area contributed by atoms with Crippen molar-refractivity contribution in [2.24, 2.45) is 5.92 Å². The van der Waals surface area contributed by atoms with Gasteiger partial charge in [-0.2, -0.15) is 0 Å². The molecule has 0 spiro atoms. The molecular weight excluding hydrogens is 469 g/mol. The molecule has 2 amide bonds. The van der Waals surface area contributed by atoms with Crippen LogP contribution >= 0.6 is 11.8 Å². The predicted octanol–water partition coefficient (Wildman–Crippen LogP) is 3.71. The maximum Gasteiger partial charge on any atom is 0.262 e. The van der Waals surface area contributed by atoms with Crippen LogP contribution in [0, 0.1) is 23.4 Å². The number of benzene rings is 2. The zero-order valence-corrected chi connectivity index (χ0v) is 19.3. The van der Waals surface area contributed by atoms with Gasteiger partial charge in [0.25, 0.3) is 5.56 Å². The molecule has 0 saturated heterocycles. The van der Waals surface area contributed by atoms with Gasteiger partial charge in [-0.15, -0.1) is 0 Å². The molecule has 2 N–H and O–H groups in total. The topological polar surface area (TPSA) is 93.1 Å². The van der Waals surface area contributed by atoms with Gasteiger partial charge >= 0.3 is 0 Å². The first-order valence-corrected chi connectivity index (χ1v) is 11.5. The van der Waals surface area contributed by atoms with Gasteiger partial charge in [-0.3, -0.25) is 19.0 Å². The molecule has 1 heterocycles. The van der Waals surface area contributed by atoms with E-state index in [1.165, 1.54) is 0 Å². The number of thioether (sulfide) groups is 1. The molecule has 34 heavy (non-hydrogen) atoms. The molecule has 3 rings (SSSR count). The third kappa shape index (κ3) is 6.16. The third-order valence-electron chi connectivity index (χ3n) is 4.84. The van der Waals surface area contributed by atoms with E-state index in [2.05, 4.69) is 15.6 Å². The van der Waals surface area contributed by atoms with Crippen LogP contribution in [-0.4, -0.2) is 33.7 Å². The van der Waals surface area contributed by atoms with Crippen LogP contribution < -0.4 is 16.2 Å². The Hall–Kier alpha value is -3.34. The third-order valence-corrected chi connectivity index (χ3v) is 5.82. The van der Waals surface area contributed by atoms with Crippen LogP contribution in [0.25, 0.3) is 10.9 Å². The highest BCUT2D eigenvalue weighted by atomic mass is 32.2. The molecule has 0 fully saturated rings. The lowest BCUT2D eigenvalue weighted by Gasteiger charge is -2.14. The zero-order chi connectivity index (χ0) is 24.8. The molecule has 0 bridgehead atoms. The van der Waals surface area contributed by atoms with Gasteiger partial charge < -0.3 is 10.6 Å². The second-order valence-corrected chi connectivity index (χ2v) is 8.83. The number of para-hydroxylation sites is 1. The standard InChI is InChI=1S/C23H23F3N4O3S/c1-13(2)9-10-30-22(33)14-5-3-4-6-16(14)29-23(30)34-12-19(32)27-11-18(31)28-17-8-7-15(24)20(25)21(17)26/h3-8,13H,9-12H2,1-2H3,(H,27,32)(H,28,31). The van der Waals surface area contributed by atoms with E-state index in [1.54, 1.807) is 28.8 Å². The van der Waals surface area contributed by atoms with E-state index in [9.17, 15) is 27.6 Å². The first kappa shape index (κ1) is 25.3. The lowest BCUT2D eigenvalue weighted by Crippen LogP contribution is -2.34. The van der Waals surface area contributed by atoms with E-state index in [0.717, 1.165) is 24.2 Å². The Morgan fingerprint density at radius 1 is 1.06 bits per heavy atom. The minimum atomic E-state index is -1.70. The van der Waals surface area contributed by atoms with Crippen LogP contribution in [0.5, 0.6) is 0 Å². The molecule has 0 aliphatic carbocycles. The molecule has 1 aromatic heterocycles. The lowest BCUT2D eigenvalue weighted by atomic mass is 10.1. The first-order valence-electron chi connectivity index (χ1n) is 10.5. The quantitative estimate of drug-likeness (QED) is 0.270. The summed E-state index contributed by atoms with van der Waals surface area (Å²) in [6.45, 7) is 4.01. The normalized spacial score (nSPS) is 11.1. The monoisotopic (exact) mass is 492 g/mol. The van der Waals surface area contributed by atoms with Gasteiger partial charge in [-0.25, -0.2) is 18.2 Å². The van der Waals surface area contributed by atoms with Gasteiger partial charge in [0.2, 0.25) is 11.8 Å². The van der Waals surface area contributed by atoms with Crippen LogP contribution in [0.4, 0.5) is 18.9 Å². The molecule has 11 heteroatoms. The smallest absolute Gasteiger partial charge is 0.262 e. The molecule has 0 radical (unpaired) electrons. The van der Waals surface area contributed by atoms with E-state index in [0.29, 0.717) is 34.6 Å². The fourth-order valence-corrected chi connectivity index (χ4v) is 3.87. The number of carbonyl (C=O) groups excluding carboxylic acids is 2. The summed E-state index contributed by atoms with van der Waals surface area (Å²) >= 11 is 1.05. The van der Waals surface area contributed by atoms with Gasteiger partial charge in [0, 0.05) is 6.54 Å². The molecule has 0 atom stereocenters. The van der Waals surface area contributed by atoms with Crippen molar-refractivity contribution in [2.75, 3.05) is 17.6 Å². The fourth-order valence-electron chi connectivity index (χ4n) is 3.02. The molecule has 2 aromatic carbocycles. The van der Waals surface area contributed by atoms with Crippen molar-refractivity contribution < 1.29 is 22.8 Å². The molecule has 0 saturated carbocycles. The van der Waals surface area contributed by atoms with E-state index in [4.69, 9.17) is 0 Å². The van der Waals surface area contributed by atoms with Crippen LogP contribution in [-0.2, 0) is 16.1 Å². The number of anilines is 1. The molecule has 0 unspecified atom stereocenters. The molecule has 0 aliphatic rings. The Balaban J connectivity index is 1.63. The van der Waals surface area contributed by atoms with Crippen molar-refractivity contribution in [3.63, 3.8) is 0 Å². The Bertz CT molecular complexity index is 1280. The summed E-state index contributed by atoms with van der Waals surface area (Å²) < 4.78 is 41.5. The van der Waals surface area contributed by atoms with Gasteiger partial charge in [0.15, 0.2) is 22.6 Å². The summed E-state index contributed by atoms with van der Waals surface area (Å²) in [5, 5.41) is 5.30. The largest absolute Gasteiger partial charge is 0.346 e. The Morgan fingerprint density at radius 3 is 2.53 bits per heavy atom. The van der Waals surface area contributed by atoms with Crippen LogP contribution in [0.2, 0.25) is 0 Å². The number of amides is 2. The van der Waals surface area contributed by atoms with E-state index >= 15 is 0 Å². The van der Waals surface area contributed by atoms with E-state index in [-0.39, 0.29) is 11.3 Å². The second kappa shape index (κ2) is 11.2. The van der Waals surface area contributed by atoms with Crippen molar-refractivity contribution in [3.05, 3.63) is 64.2 Å². The SMILES string of the molecule is CC(C)CCn1c(SCC(=O)NCC(=O)Nc2ccc(F)c(F)c2F)nc2ccccc2c1=O. The maximum absolute atomic E-state index is 13.7. The summed E-state index contributed by atoms with van der Waals surface area (Å²) in [6, 6.07) is 8.50. The van der Waals surface area contributed by atoms with Gasteiger partial charge in [0.05, 0.1) is 28.9 Å². The summed E-state index contributed by atoms with van der Waals surface area (Å²) in [6.07, 6.45) is 0.750. The van der Waals surface area contributed by atoms with Crippen molar-refractivity contribution in [2.45, 2.75) is 32.0 Å². The number of aromatic nitrogens is 2. The average molecular weight is 493 g/mol. The Kier molecular flexibility index (Phi) is 8.32. The van der Waals surface area contributed by atoms with Crippen molar-refractivity contribution >= 4 is 40.2 Å².